The van der Waals surface area contributed by atoms with Crippen molar-refractivity contribution in [2.75, 3.05) is 38.6 Å². The highest BCUT2D eigenvalue weighted by molar-refractivity contribution is 6.30. The van der Waals surface area contributed by atoms with Crippen LogP contribution >= 0.6 is 11.6 Å². The monoisotopic (exact) mass is 405 g/mol. The van der Waals surface area contributed by atoms with Gasteiger partial charge in [0.15, 0.2) is 0 Å². The standard InChI is InChI=1S/C20H28ClN5O2/c1-14-12-16(28-4)6-7-18(14)22-20(27)26-9-5-8-25(10-11-26)13-17-15(2)23-24(3)19(17)21/h6-7,12H,5,8-11,13H2,1-4H3,(H,22,27). The number of urea groups is 1. The largest absolute Gasteiger partial charge is 0.497 e. The molecule has 152 valence electrons. The Hall–Kier alpha value is -2.25. The SMILES string of the molecule is COc1ccc(NC(=O)N2CCCN(Cc3c(C)nn(C)c3Cl)CC2)c(C)c1. The second-order valence-electron chi connectivity index (χ2n) is 7.21. The Kier molecular flexibility index (Phi) is 6.46. The predicted molar refractivity (Wildman–Crippen MR) is 111 cm³/mol. The number of hydrogen-bond acceptors (Lipinski definition) is 4. The summed E-state index contributed by atoms with van der Waals surface area (Å²) in [5.41, 5.74) is 3.81. The Morgan fingerprint density at radius 2 is 2.04 bits per heavy atom. The Morgan fingerprint density at radius 3 is 2.68 bits per heavy atom. The van der Waals surface area contributed by atoms with Gasteiger partial charge in [0.25, 0.3) is 0 Å². The molecule has 1 aromatic heterocycles. The summed E-state index contributed by atoms with van der Waals surface area (Å²) in [4.78, 5) is 16.9. The summed E-state index contributed by atoms with van der Waals surface area (Å²) in [7, 11) is 3.49. The molecule has 1 N–H and O–H groups in total. The molecule has 1 aromatic carbocycles. The lowest BCUT2D eigenvalue weighted by atomic mass is 10.2. The number of nitrogens with one attached hydrogen (secondary N) is 1. The van der Waals surface area contributed by atoms with Crippen LogP contribution in [0.3, 0.4) is 0 Å². The van der Waals surface area contributed by atoms with Gasteiger partial charge < -0.3 is 15.0 Å². The third kappa shape index (κ3) is 4.59. The summed E-state index contributed by atoms with van der Waals surface area (Å²) in [5, 5.41) is 8.09. The highest BCUT2D eigenvalue weighted by atomic mass is 35.5. The van der Waals surface area contributed by atoms with Crippen molar-refractivity contribution >= 4 is 23.3 Å². The number of rotatable bonds is 4. The first-order valence-corrected chi connectivity index (χ1v) is 9.87. The minimum absolute atomic E-state index is 0.0642. The van der Waals surface area contributed by atoms with Gasteiger partial charge in [-0.3, -0.25) is 9.58 Å². The second kappa shape index (κ2) is 8.84. The summed E-state index contributed by atoms with van der Waals surface area (Å²) in [6.07, 6.45) is 0.923. The van der Waals surface area contributed by atoms with E-state index in [4.69, 9.17) is 16.3 Å². The molecule has 0 bridgehead atoms. The van der Waals surface area contributed by atoms with E-state index < -0.39 is 0 Å². The molecule has 0 unspecified atom stereocenters. The normalized spacial score (nSPS) is 15.4. The molecule has 1 aliphatic rings. The van der Waals surface area contributed by atoms with Crippen LogP contribution in [-0.4, -0.2) is 58.9 Å². The Bertz CT molecular complexity index is 851. The number of aryl methyl sites for hydroxylation is 3. The van der Waals surface area contributed by atoms with Crippen molar-refractivity contribution in [2.24, 2.45) is 7.05 Å². The average molecular weight is 406 g/mol. The van der Waals surface area contributed by atoms with Crippen LogP contribution in [0.1, 0.15) is 23.2 Å². The molecule has 2 amide bonds. The number of carbonyl (C=O) groups excluding carboxylic acids is 1. The smallest absolute Gasteiger partial charge is 0.321 e. The van der Waals surface area contributed by atoms with Gasteiger partial charge >= 0.3 is 6.03 Å². The molecule has 0 saturated carbocycles. The number of anilines is 1. The van der Waals surface area contributed by atoms with E-state index in [-0.39, 0.29) is 6.03 Å². The van der Waals surface area contributed by atoms with Crippen LogP contribution in [-0.2, 0) is 13.6 Å². The maximum absolute atomic E-state index is 12.7. The molecule has 8 heteroatoms. The Balaban J connectivity index is 1.59. The van der Waals surface area contributed by atoms with E-state index in [1.807, 2.05) is 44.0 Å². The lowest BCUT2D eigenvalue weighted by Gasteiger charge is -2.23. The van der Waals surface area contributed by atoms with Crippen LogP contribution in [0, 0.1) is 13.8 Å². The summed E-state index contributed by atoms with van der Waals surface area (Å²) in [5.74, 6) is 0.783. The van der Waals surface area contributed by atoms with Crippen molar-refractivity contribution in [3.05, 3.63) is 40.2 Å². The summed E-state index contributed by atoms with van der Waals surface area (Å²) in [6, 6.07) is 5.58. The van der Waals surface area contributed by atoms with Gasteiger partial charge in [-0.2, -0.15) is 5.10 Å². The number of amides is 2. The second-order valence-corrected chi connectivity index (χ2v) is 7.56. The van der Waals surface area contributed by atoms with Crippen molar-refractivity contribution in [2.45, 2.75) is 26.8 Å². The van der Waals surface area contributed by atoms with Crippen molar-refractivity contribution in [1.29, 1.82) is 0 Å². The fourth-order valence-corrected chi connectivity index (χ4v) is 3.74. The van der Waals surface area contributed by atoms with Gasteiger partial charge in [0.1, 0.15) is 10.9 Å². The molecule has 0 atom stereocenters. The van der Waals surface area contributed by atoms with E-state index >= 15 is 0 Å². The van der Waals surface area contributed by atoms with Gasteiger partial charge in [0, 0.05) is 51.0 Å². The van der Waals surface area contributed by atoms with Gasteiger partial charge in [-0.15, -0.1) is 0 Å². The number of ether oxygens (including phenoxy) is 1. The summed E-state index contributed by atoms with van der Waals surface area (Å²) in [6.45, 7) is 7.84. The van der Waals surface area contributed by atoms with Crippen molar-refractivity contribution in [3.8, 4) is 5.75 Å². The number of halogens is 1. The van der Waals surface area contributed by atoms with Gasteiger partial charge in [-0.05, 0) is 44.0 Å². The summed E-state index contributed by atoms with van der Waals surface area (Å²) < 4.78 is 6.93. The lowest BCUT2D eigenvalue weighted by molar-refractivity contribution is 0.211. The molecule has 3 rings (SSSR count). The quantitative estimate of drug-likeness (QED) is 0.846. The molecule has 1 aliphatic heterocycles. The minimum Gasteiger partial charge on any atom is -0.497 e. The number of methoxy groups -OCH3 is 1. The Labute approximate surface area is 171 Å². The van der Waals surface area contributed by atoms with Gasteiger partial charge in [0.05, 0.1) is 12.8 Å². The molecule has 7 nitrogen and oxygen atoms in total. The van der Waals surface area contributed by atoms with Crippen LogP contribution < -0.4 is 10.1 Å². The van der Waals surface area contributed by atoms with E-state index in [0.717, 1.165) is 60.9 Å². The van der Waals surface area contributed by atoms with E-state index in [1.54, 1.807) is 11.8 Å². The molecule has 28 heavy (non-hydrogen) atoms. The highest BCUT2D eigenvalue weighted by Crippen LogP contribution is 2.23. The average Bonchev–Trinajstić information content (AvgIpc) is 2.85. The number of carbonyl (C=O) groups is 1. The molecule has 2 aromatic rings. The van der Waals surface area contributed by atoms with Crippen LogP contribution in [0.4, 0.5) is 10.5 Å². The molecule has 0 aliphatic carbocycles. The maximum atomic E-state index is 12.7. The van der Waals surface area contributed by atoms with E-state index in [1.165, 1.54) is 0 Å². The van der Waals surface area contributed by atoms with Crippen LogP contribution in [0.2, 0.25) is 5.15 Å². The zero-order valence-electron chi connectivity index (χ0n) is 17.0. The van der Waals surface area contributed by atoms with Gasteiger partial charge in [-0.25, -0.2) is 4.79 Å². The van der Waals surface area contributed by atoms with Gasteiger partial charge in [0.2, 0.25) is 0 Å². The molecular formula is C20H28ClN5O2. The van der Waals surface area contributed by atoms with Gasteiger partial charge in [-0.1, -0.05) is 11.6 Å². The first-order valence-electron chi connectivity index (χ1n) is 9.50. The number of nitrogens with zero attached hydrogens (tertiary/aromatic N) is 4. The van der Waals surface area contributed by atoms with Crippen LogP contribution in [0.15, 0.2) is 18.2 Å². The van der Waals surface area contributed by atoms with Crippen molar-refractivity contribution in [3.63, 3.8) is 0 Å². The zero-order valence-corrected chi connectivity index (χ0v) is 17.7. The molecular weight excluding hydrogens is 378 g/mol. The number of aromatic nitrogens is 2. The maximum Gasteiger partial charge on any atom is 0.321 e. The molecule has 2 heterocycles. The fourth-order valence-electron chi connectivity index (χ4n) is 3.51. The molecule has 1 fully saturated rings. The fraction of sp³-hybridized carbons (Fsp3) is 0.500. The highest BCUT2D eigenvalue weighted by Gasteiger charge is 2.22. The van der Waals surface area contributed by atoms with Crippen molar-refractivity contribution in [1.82, 2.24) is 19.6 Å². The summed E-state index contributed by atoms with van der Waals surface area (Å²) >= 11 is 6.37. The third-order valence-corrected chi connectivity index (χ3v) is 5.68. The molecule has 0 spiro atoms. The van der Waals surface area contributed by atoms with E-state index in [2.05, 4.69) is 15.3 Å². The van der Waals surface area contributed by atoms with Crippen LogP contribution in [0.25, 0.3) is 0 Å². The first kappa shape index (κ1) is 20.5. The first-order chi connectivity index (χ1) is 13.4. The molecule has 0 radical (unpaired) electrons. The third-order valence-electron chi connectivity index (χ3n) is 5.20. The van der Waals surface area contributed by atoms with Crippen LogP contribution in [0.5, 0.6) is 5.75 Å². The number of benzene rings is 1. The zero-order chi connectivity index (χ0) is 20.3. The molecule has 1 saturated heterocycles. The topological polar surface area (TPSA) is 62.6 Å². The van der Waals surface area contributed by atoms with E-state index in [0.29, 0.717) is 11.7 Å². The van der Waals surface area contributed by atoms with Crippen molar-refractivity contribution < 1.29 is 9.53 Å². The minimum atomic E-state index is -0.0642. The Morgan fingerprint density at radius 1 is 1.25 bits per heavy atom. The van der Waals surface area contributed by atoms with E-state index in [9.17, 15) is 4.79 Å². The number of hydrogen-bond donors (Lipinski definition) is 1. The lowest BCUT2D eigenvalue weighted by Crippen LogP contribution is -2.38. The predicted octanol–water partition coefficient (Wildman–Crippen LogP) is 3.44.